The van der Waals surface area contributed by atoms with Gasteiger partial charge in [-0.25, -0.2) is 0 Å². The van der Waals surface area contributed by atoms with Gasteiger partial charge in [-0.3, -0.25) is 0 Å². The van der Waals surface area contributed by atoms with Gasteiger partial charge in [0.15, 0.2) is 0 Å². The van der Waals surface area contributed by atoms with Gasteiger partial charge in [-0.2, -0.15) is 0 Å². The number of fused-ring (bicyclic) bond motifs is 1. The Labute approximate surface area is 93.3 Å². The van der Waals surface area contributed by atoms with Gasteiger partial charge < -0.3 is 4.48 Å². The van der Waals surface area contributed by atoms with Crippen molar-refractivity contribution in [1.82, 2.24) is 0 Å². The second-order valence-electron chi connectivity index (χ2n) is 5.84. The van der Waals surface area contributed by atoms with E-state index in [2.05, 4.69) is 59.3 Å². The van der Waals surface area contributed by atoms with E-state index in [4.69, 9.17) is 0 Å². The first-order valence-corrected chi connectivity index (χ1v) is 5.83. The summed E-state index contributed by atoms with van der Waals surface area (Å²) in [6, 6.07) is 9.60. The smallest absolute Gasteiger partial charge is 0.117 e. The SMILES string of the molecule is C[C@H]1[C@@H](C)c2ccccc2[C@@H]1[N+](C)(C)C. The van der Waals surface area contributed by atoms with Crippen molar-refractivity contribution in [2.75, 3.05) is 21.1 Å². The molecule has 0 radical (unpaired) electrons. The summed E-state index contributed by atoms with van der Waals surface area (Å²) >= 11 is 0. The number of rotatable bonds is 1. The van der Waals surface area contributed by atoms with Crippen molar-refractivity contribution in [2.45, 2.75) is 25.8 Å². The quantitative estimate of drug-likeness (QED) is 0.616. The van der Waals surface area contributed by atoms with Crippen LogP contribution in [0.3, 0.4) is 0 Å². The van der Waals surface area contributed by atoms with Gasteiger partial charge in [0.05, 0.1) is 21.1 Å². The highest BCUT2D eigenvalue weighted by Crippen LogP contribution is 2.48. The monoisotopic (exact) mass is 204 g/mol. The topological polar surface area (TPSA) is 0 Å². The number of hydrogen-bond acceptors (Lipinski definition) is 0. The van der Waals surface area contributed by atoms with E-state index >= 15 is 0 Å². The van der Waals surface area contributed by atoms with E-state index in [1.165, 1.54) is 0 Å². The Morgan fingerprint density at radius 1 is 0.933 bits per heavy atom. The summed E-state index contributed by atoms with van der Waals surface area (Å²) in [6.45, 7) is 4.75. The molecule has 0 fully saturated rings. The molecule has 0 unspecified atom stereocenters. The molecule has 2 rings (SSSR count). The zero-order valence-electron chi connectivity index (χ0n) is 10.5. The minimum atomic E-state index is 0.649. The number of benzene rings is 1. The molecule has 3 atom stereocenters. The van der Waals surface area contributed by atoms with E-state index in [0.717, 1.165) is 10.4 Å². The van der Waals surface area contributed by atoms with Gasteiger partial charge in [-0.1, -0.05) is 38.1 Å². The average Bonchev–Trinajstić information content (AvgIpc) is 2.39. The maximum atomic E-state index is 2.39. The van der Waals surface area contributed by atoms with Crippen LogP contribution in [-0.2, 0) is 0 Å². The van der Waals surface area contributed by atoms with E-state index < -0.39 is 0 Å². The van der Waals surface area contributed by atoms with Crippen LogP contribution in [0.5, 0.6) is 0 Å². The fraction of sp³-hybridized carbons (Fsp3) is 0.571. The lowest BCUT2D eigenvalue weighted by molar-refractivity contribution is -0.905. The molecule has 1 aromatic carbocycles. The van der Waals surface area contributed by atoms with Gasteiger partial charge in [0.25, 0.3) is 0 Å². The van der Waals surface area contributed by atoms with Crippen molar-refractivity contribution in [3.63, 3.8) is 0 Å². The van der Waals surface area contributed by atoms with Crippen molar-refractivity contribution in [3.05, 3.63) is 35.4 Å². The summed E-state index contributed by atoms with van der Waals surface area (Å²) in [5.74, 6) is 1.44. The van der Waals surface area contributed by atoms with Crippen molar-refractivity contribution >= 4 is 0 Å². The van der Waals surface area contributed by atoms with Crippen LogP contribution in [0.15, 0.2) is 24.3 Å². The average molecular weight is 204 g/mol. The van der Waals surface area contributed by atoms with Crippen molar-refractivity contribution in [3.8, 4) is 0 Å². The molecule has 1 nitrogen and oxygen atoms in total. The van der Waals surface area contributed by atoms with Gasteiger partial charge in [0.1, 0.15) is 6.04 Å². The Hall–Kier alpha value is -0.820. The van der Waals surface area contributed by atoms with Gasteiger partial charge >= 0.3 is 0 Å². The van der Waals surface area contributed by atoms with Gasteiger partial charge in [-0.05, 0) is 11.5 Å². The molecule has 1 aliphatic rings. The number of nitrogens with zero attached hydrogens (tertiary/aromatic N) is 1. The molecular formula is C14H22N+. The third kappa shape index (κ3) is 1.59. The molecule has 0 spiro atoms. The highest BCUT2D eigenvalue weighted by Gasteiger charge is 2.42. The van der Waals surface area contributed by atoms with Gasteiger partial charge in [0.2, 0.25) is 0 Å². The molecule has 0 amide bonds. The molecule has 1 aromatic rings. The highest BCUT2D eigenvalue weighted by atomic mass is 15.3. The predicted octanol–water partition coefficient (Wildman–Crippen LogP) is 3.19. The fourth-order valence-electron chi connectivity index (χ4n) is 3.16. The summed E-state index contributed by atoms with van der Waals surface area (Å²) in [4.78, 5) is 0. The molecule has 0 saturated heterocycles. The van der Waals surface area contributed by atoms with Crippen molar-refractivity contribution < 1.29 is 4.48 Å². The van der Waals surface area contributed by atoms with Crippen molar-refractivity contribution in [1.29, 1.82) is 0 Å². The number of quaternary nitrogens is 1. The summed E-state index contributed by atoms with van der Waals surface area (Å²) in [6.07, 6.45) is 0. The summed E-state index contributed by atoms with van der Waals surface area (Å²) in [5.41, 5.74) is 3.12. The maximum absolute atomic E-state index is 2.39. The van der Waals surface area contributed by atoms with Crippen molar-refractivity contribution in [2.24, 2.45) is 5.92 Å². The second kappa shape index (κ2) is 3.34. The van der Waals surface area contributed by atoms with E-state index in [1.807, 2.05) is 0 Å². The molecule has 1 aliphatic carbocycles. The van der Waals surface area contributed by atoms with E-state index in [9.17, 15) is 0 Å². The van der Waals surface area contributed by atoms with Crippen LogP contribution >= 0.6 is 0 Å². The zero-order chi connectivity index (χ0) is 11.2. The van der Waals surface area contributed by atoms with Crippen LogP contribution in [0.1, 0.15) is 36.9 Å². The van der Waals surface area contributed by atoms with Gasteiger partial charge in [0, 0.05) is 11.5 Å². The molecule has 0 aliphatic heterocycles. The van der Waals surface area contributed by atoms with Crippen LogP contribution < -0.4 is 0 Å². The van der Waals surface area contributed by atoms with Crippen LogP contribution in [0.2, 0.25) is 0 Å². The third-order valence-corrected chi connectivity index (χ3v) is 3.93. The van der Waals surface area contributed by atoms with E-state index in [0.29, 0.717) is 12.0 Å². The molecule has 0 heterocycles. The zero-order valence-corrected chi connectivity index (χ0v) is 10.5. The first-order valence-electron chi connectivity index (χ1n) is 5.83. The molecule has 1 heteroatoms. The van der Waals surface area contributed by atoms with Crippen LogP contribution in [0, 0.1) is 5.92 Å². The lowest BCUT2D eigenvalue weighted by Gasteiger charge is -2.35. The Morgan fingerprint density at radius 2 is 1.47 bits per heavy atom. The third-order valence-electron chi connectivity index (χ3n) is 3.93. The number of hydrogen-bond donors (Lipinski definition) is 0. The van der Waals surface area contributed by atoms with Crippen LogP contribution in [-0.4, -0.2) is 25.6 Å². The molecule has 0 bridgehead atoms. The van der Waals surface area contributed by atoms with E-state index in [1.54, 1.807) is 11.1 Å². The highest BCUT2D eigenvalue weighted by molar-refractivity contribution is 5.37. The van der Waals surface area contributed by atoms with E-state index in [-0.39, 0.29) is 0 Å². The normalized spacial score (nSPS) is 30.3. The summed E-state index contributed by atoms with van der Waals surface area (Å²) < 4.78 is 1.03. The van der Waals surface area contributed by atoms with Gasteiger partial charge in [-0.15, -0.1) is 0 Å². The lowest BCUT2D eigenvalue weighted by atomic mass is 9.93. The van der Waals surface area contributed by atoms with Crippen LogP contribution in [0.4, 0.5) is 0 Å². The minimum absolute atomic E-state index is 0.649. The molecule has 0 aromatic heterocycles. The lowest BCUT2D eigenvalue weighted by Crippen LogP contribution is -2.40. The predicted molar refractivity (Wildman–Crippen MR) is 64.8 cm³/mol. The molecule has 0 saturated carbocycles. The first-order chi connectivity index (χ1) is 6.93. The molecule has 15 heavy (non-hydrogen) atoms. The fourth-order valence-corrected chi connectivity index (χ4v) is 3.16. The summed E-state index contributed by atoms with van der Waals surface area (Å²) in [5, 5.41) is 0. The standard InChI is InChI=1S/C14H22N/c1-10-11(2)14(15(3,4)5)13-9-7-6-8-12(10)13/h6-11,14H,1-5H3/q+1/t10-,11+,14-/m1/s1. The maximum Gasteiger partial charge on any atom is 0.117 e. The Kier molecular flexibility index (Phi) is 2.38. The van der Waals surface area contributed by atoms with Crippen LogP contribution in [0.25, 0.3) is 0 Å². The largest absolute Gasteiger partial charge is 0.324 e. The first kappa shape index (κ1) is 10.7. The minimum Gasteiger partial charge on any atom is -0.324 e. The molecule has 82 valence electrons. The molecular weight excluding hydrogens is 182 g/mol. The Morgan fingerprint density at radius 3 is 2.00 bits per heavy atom. The molecule has 0 N–H and O–H groups in total. The Bertz CT molecular complexity index is 362. The Balaban J connectivity index is 2.52. The second-order valence-corrected chi connectivity index (χ2v) is 5.84. The summed E-state index contributed by atoms with van der Waals surface area (Å²) in [7, 11) is 6.90.